The van der Waals surface area contributed by atoms with Crippen LogP contribution in [0.1, 0.15) is 29.0 Å². The third-order valence-electron chi connectivity index (χ3n) is 4.76. The third-order valence-corrected chi connectivity index (χ3v) is 4.76. The number of hydrogen-bond acceptors (Lipinski definition) is 4. The van der Waals surface area contributed by atoms with Crippen LogP contribution in [0.15, 0.2) is 52.9 Å². The van der Waals surface area contributed by atoms with Gasteiger partial charge in [-0.05, 0) is 67.9 Å². The number of fused-ring (bicyclic) bond motifs is 1. The van der Waals surface area contributed by atoms with Gasteiger partial charge in [0, 0.05) is 17.6 Å². The number of likely N-dealkylation sites (tertiary alicyclic amines) is 1. The molecule has 1 aliphatic rings. The highest BCUT2D eigenvalue weighted by Crippen LogP contribution is 2.25. The maximum atomic E-state index is 12.5. The maximum Gasteiger partial charge on any atom is 0.291 e. The van der Waals surface area contributed by atoms with E-state index < -0.39 is 0 Å². The molecule has 1 saturated heterocycles. The normalized spacial score (nSPS) is 14.7. The minimum atomic E-state index is -0.257. The molecule has 0 unspecified atom stereocenters. The predicted molar refractivity (Wildman–Crippen MR) is 102 cm³/mol. The first-order chi connectivity index (χ1) is 12.7. The highest BCUT2D eigenvalue weighted by molar-refractivity contribution is 6.04. The van der Waals surface area contributed by atoms with Crippen LogP contribution in [0.5, 0.6) is 5.75 Å². The van der Waals surface area contributed by atoms with Crippen molar-refractivity contribution < 1.29 is 13.9 Å². The van der Waals surface area contributed by atoms with Crippen molar-refractivity contribution in [3.8, 4) is 5.75 Å². The van der Waals surface area contributed by atoms with Crippen LogP contribution < -0.4 is 10.1 Å². The number of methoxy groups -OCH3 is 1. The van der Waals surface area contributed by atoms with Crippen molar-refractivity contribution in [3.63, 3.8) is 0 Å². The highest BCUT2D eigenvalue weighted by Gasteiger charge is 2.14. The summed E-state index contributed by atoms with van der Waals surface area (Å²) in [5.74, 6) is 0.765. The molecule has 0 radical (unpaired) electrons. The van der Waals surface area contributed by atoms with E-state index in [1.54, 1.807) is 19.2 Å². The van der Waals surface area contributed by atoms with Gasteiger partial charge in [-0.2, -0.15) is 0 Å². The fraction of sp³-hybridized carbons (Fsp3) is 0.286. The Bertz CT molecular complexity index is 909. The van der Waals surface area contributed by atoms with Gasteiger partial charge in [0.1, 0.15) is 11.3 Å². The lowest BCUT2D eigenvalue weighted by atomic mass is 10.2. The zero-order valence-electron chi connectivity index (χ0n) is 14.8. The molecule has 1 N–H and O–H groups in total. The van der Waals surface area contributed by atoms with Gasteiger partial charge in [-0.25, -0.2) is 0 Å². The number of nitrogens with one attached hydrogen (secondary N) is 1. The van der Waals surface area contributed by atoms with Crippen molar-refractivity contribution in [2.45, 2.75) is 19.4 Å². The van der Waals surface area contributed by atoms with Gasteiger partial charge in [-0.15, -0.1) is 0 Å². The SMILES string of the molecule is COc1ccc2oc(C(=O)Nc3ccc(CN4CCCC4)cc3)cc2c1. The smallest absolute Gasteiger partial charge is 0.291 e. The Morgan fingerprint density at radius 2 is 1.88 bits per heavy atom. The number of rotatable bonds is 5. The van der Waals surface area contributed by atoms with Crippen molar-refractivity contribution >= 4 is 22.6 Å². The summed E-state index contributed by atoms with van der Waals surface area (Å²) in [6, 6.07) is 15.2. The summed E-state index contributed by atoms with van der Waals surface area (Å²) in [7, 11) is 1.61. The first-order valence-electron chi connectivity index (χ1n) is 8.91. The molecular formula is C21H22N2O3. The molecule has 2 aromatic carbocycles. The Balaban J connectivity index is 1.43. The summed E-state index contributed by atoms with van der Waals surface area (Å²) in [6.45, 7) is 3.32. The summed E-state index contributed by atoms with van der Waals surface area (Å²) in [5, 5.41) is 3.73. The van der Waals surface area contributed by atoms with Crippen LogP contribution in [0.4, 0.5) is 5.69 Å². The van der Waals surface area contributed by atoms with Gasteiger partial charge in [0.05, 0.1) is 7.11 Å². The number of hydrogen-bond donors (Lipinski definition) is 1. The molecule has 4 rings (SSSR count). The monoisotopic (exact) mass is 350 g/mol. The number of nitrogens with zero attached hydrogens (tertiary/aromatic N) is 1. The number of carbonyl (C=O) groups excluding carboxylic acids is 1. The second-order valence-electron chi connectivity index (χ2n) is 6.65. The lowest BCUT2D eigenvalue weighted by molar-refractivity contribution is 0.0998. The van der Waals surface area contributed by atoms with E-state index in [0.717, 1.165) is 23.4 Å². The fourth-order valence-electron chi connectivity index (χ4n) is 3.35. The van der Waals surface area contributed by atoms with Gasteiger partial charge in [0.2, 0.25) is 0 Å². The minimum Gasteiger partial charge on any atom is -0.497 e. The lowest BCUT2D eigenvalue weighted by Gasteiger charge is -2.14. The molecule has 0 atom stereocenters. The molecule has 0 bridgehead atoms. The van der Waals surface area contributed by atoms with Gasteiger partial charge in [0.15, 0.2) is 5.76 Å². The molecule has 5 nitrogen and oxygen atoms in total. The largest absolute Gasteiger partial charge is 0.497 e. The fourth-order valence-corrected chi connectivity index (χ4v) is 3.35. The molecule has 1 aromatic heterocycles. The zero-order chi connectivity index (χ0) is 17.9. The summed E-state index contributed by atoms with van der Waals surface area (Å²) in [4.78, 5) is 14.9. The van der Waals surface area contributed by atoms with Crippen LogP contribution in [-0.2, 0) is 6.54 Å². The number of benzene rings is 2. The van der Waals surface area contributed by atoms with Crippen LogP contribution in [0.2, 0.25) is 0 Å². The topological polar surface area (TPSA) is 54.7 Å². The van der Waals surface area contributed by atoms with Crippen LogP contribution in [0.25, 0.3) is 11.0 Å². The predicted octanol–water partition coefficient (Wildman–Crippen LogP) is 4.29. The molecule has 2 heterocycles. The summed E-state index contributed by atoms with van der Waals surface area (Å²) < 4.78 is 10.8. The molecule has 1 amide bonds. The Morgan fingerprint density at radius 1 is 1.12 bits per heavy atom. The van der Waals surface area contributed by atoms with Crippen molar-refractivity contribution in [2.75, 3.05) is 25.5 Å². The van der Waals surface area contributed by atoms with Gasteiger partial charge in [-0.3, -0.25) is 9.69 Å². The van der Waals surface area contributed by atoms with Crippen molar-refractivity contribution in [1.29, 1.82) is 0 Å². The van der Waals surface area contributed by atoms with E-state index in [4.69, 9.17) is 9.15 Å². The van der Waals surface area contributed by atoms with Crippen molar-refractivity contribution in [1.82, 2.24) is 4.90 Å². The Labute approximate surface area is 152 Å². The van der Waals surface area contributed by atoms with Gasteiger partial charge >= 0.3 is 0 Å². The standard InChI is InChI=1S/C21H22N2O3/c1-25-18-8-9-19-16(12-18)13-20(26-19)21(24)22-17-6-4-15(5-7-17)14-23-10-2-3-11-23/h4-9,12-13H,2-3,10-11,14H2,1H3,(H,22,24). The maximum absolute atomic E-state index is 12.5. The summed E-state index contributed by atoms with van der Waals surface area (Å²) in [6.07, 6.45) is 2.58. The van der Waals surface area contributed by atoms with Gasteiger partial charge in [-0.1, -0.05) is 12.1 Å². The molecule has 1 fully saturated rings. The second kappa shape index (κ2) is 7.22. The zero-order valence-corrected chi connectivity index (χ0v) is 14.8. The van der Waals surface area contributed by atoms with E-state index in [2.05, 4.69) is 22.3 Å². The molecule has 3 aromatic rings. The minimum absolute atomic E-state index is 0.257. The first-order valence-corrected chi connectivity index (χ1v) is 8.91. The van der Waals surface area contributed by atoms with E-state index in [1.165, 1.54) is 31.5 Å². The quantitative estimate of drug-likeness (QED) is 0.746. The Morgan fingerprint density at radius 3 is 2.62 bits per heavy atom. The molecule has 1 aliphatic heterocycles. The van der Waals surface area contributed by atoms with Crippen LogP contribution in [-0.4, -0.2) is 31.0 Å². The average molecular weight is 350 g/mol. The summed E-state index contributed by atoms with van der Waals surface area (Å²) >= 11 is 0. The molecule has 0 saturated carbocycles. The van der Waals surface area contributed by atoms with Gasteiger partial charge in [0.25, 0.3) is 5.91 Å². The molecule has 0 spiro atoms. The summed E-state index contributed by atoms with van der Waals surface area (Å²) in [5.41, 5.74) is 2.69. The van der Waals surface area contributed by atoms with E-state index in [-0.39, 0.29) is 11.7 Å². The third kappa shape index (κ3) is 3.58. The van der Waals surface area contributed by atoms with Gasteiger partial charge < -0.3 is 14.5 Å². The lowest BCUT2D eigenvalue weighted by Crippen LogP contribution is -2.18. The second-order valence-corrected chi connectivity index (χ2v) is 6.65. The van der Waals surface area contributed by atoms with E-state index in [1.807, 2.05) is 24.3 Å². The van der Waals surface area contributed by atoms with E-state index in [9.17, 15) is 4.79 Å². The molecule has 134 valence electrons. The van der Waals surface area contributed by atoms with E-state index >= 15 is 0 Å². The first kappa shape index (κ1) is 16.7. The van der Waals surface area contributed by atoms with E-state index in [0.29, 0.717) is 5.58 Å². The number of carbonyl (C=O) groups is 1. The number of anilines is 1. The van der Waals surface area contributed by atoms with Crippen molar-refractivity contribution in [3.05, 3.63) is 59.9 Å². The molecule has 5 heteroatoms. The molecule has 0 aliphatic carbocycles. The highest BCUT2D eigenvalue weighted by atomic mass is 16.5. The number of ether oxygens (including phenoxy) is 1. The Kier molecular flexibility index (Phi) is 4.63. The Hall–Kier alpha value is -2.79. The number of furan rings is 1. The van der Waals surface area contributed by atoms with Crippen LogP contribution in [0.3, 0.4) is 0 Å². The molecule has 26 heavy (non-hydrogen) atoms. The molecular weight excluding hydrogens is 328 g/mol. The van der Waals surface area contributed by atoms with Crippen LogP contribution >= 0.6 is 0 Å². The average Bonchev–Trinajstić information content (AvgIpc) is 3.32. The van der Waals surface area contributed by atoms with Crippen LogP contribution in [0, 0.1) is 0 Å². The van der Waals surface area contributed by atoms with Crippen molar-refractivity contribution in [2.24, 2.45) is 0 Å². The number of amides is 1.